The average molecular weight is 639 g/mol. The number of halogens is 1. The molecule has 0 rings (SSSR count). The number of esters is 2. The van der Waals surface area contributed by atoms with Crippen molar-refractivity contribution in [3.8, 4) is 0 Å². The van der Waals surface area contributed by atoms with E-state index in [9.17, 15) is 9.59 Å². The first kappa shape index (κ1) is 42.7. The molecule has 0 aromatic rings. The molecule has 0 aromatic carbocycles. The Labute approximate surface area is 278 Å². The standard InChI is InChI=1S/C39H71ClO4/c1-3-5-7-9-11-13-15-17-19-21-23-25-27-29-31-33-38(41)43-36-37(35-40)44-39(42)34-32-30-28-26-24-22-20-18-16-14-12-10-8-6-4-2/h17-20,37H,3-16,21-36H2,1-2H3/b19-17+,20-18-. The van der Waals surface area contributed by atoms with Gasteiger partial charge in [0.05, 0.1) is 5.88 Å². The van der Waals surface area contributed by atoms with Crippen LogP contribution in [0.3, 0.4) is 0 Å². The van der Waals surface area contributed by atoms with Gasteiger partial charge in [0.1, 0.15) is 12.7 Å². The van der Waals surface area contributed by atoms with E-state index < -0.39 is 6.10 Å². The average Bonchev–Trinajstić information content (AvgIpc) is 3.02. The predicted octanol–water partition coefficient (Wildman–Crippen LogP) is 12.8. The van der Waals surface area contributed by atoms with Gasteiger partial charge in [-0.05, 0) is 64.2 Å². The molecule has 5 heteroatoms. The third-order valence-electron chi connectivity index (χ3n) is 8.19. The van der Waals surface area contributed by atoms with Crippen molar-refractivity contribution in [2.75, 3.05) is 12.5 Å². The highest BCUT2D eigenvalue weighted by Gasteiger charge is 2.16. The molecule has 44 heavy (non-hydrogen) atoms. The van der Waals surface area contributed by atoms with Gasteiger partial charge in [0.15, 0.2) is 0 Å². The quantitative estimate of drug-likeness (QED) is 0.0304. The van der Waals surface area contributed by atoms with Gasteiger partial charge in [0.25, 0.3) is 0 Å². The van der Waals surface area contributed by atoms with Gasteiger partial charge >= 0.3 is 11.9 Å². The van der Waals surface area contributed by atoms with E-state index in [1.54, 1.807) is 0 Å². The third-order valence-corrected chi connectivity index (χ3v) is 8.53. The van der Waals surface area contributed by atoms with Crippen molar-refractivity contribution in [2.45, 2.75) is 200 Å². The Hall–Kier alpha value is -1.29. The van der Waals surface area contributed by atoms with Crippen molar-refractivity contribution in [1.82, 2.24) is 0 Å². The fraction of sp³-hybridized carbons (Fsp3) is 0.846. The lowest BCUT2D eigenvalue weighted by molar-refractivity contribution is -0.157. The van der Waals surface area contributed by atoms with E-state index in [0.717, 1.165) is 51.4 Å². The number of ether oxygens (including phenoxy) is 2. The molecule has 0 heterocycles. The fourth-order valence-electron chi connectivity index (χ4n) is 5.29. The zero-order valence-corrected chi connectivity index (χ0v) is 29.9. The van der Waals surface area contributed by atoms with Gasteiger partial charge in [-0.3, -0.25) is 9.59 Å². The zero-order chi connectivity index (χ0) is 32.2. The largest absolute Gasteiger partial charge is 0.462 e. The van der Waals surface area contributed by atoms with Gasteiger partial charge in [0.2, 0.25) is 0 Å². The molecule has 258 valence electrons. The van der Waals surface area contributed by atoms with Crippen LogP contribution in [-0.2, 0) is 19.1 Å². The van der Waals surface area contributed by atoms with Crippen LogP contribution in [0.1, 0.15) is 194 Å². The van der Waals surface area contributed by atoms with Crippen molar-refractivity contribution in [3.05, 3.63) is 24.3 Å². The summed E-state index contributed by atoms with van der Waals surface area (Å²) >= 11 is 5.96. The summed E-state index contributed by atoms with van der Waals surface area (Å²) in [6, 6.07) is 0. The molecule has 0 aliphatic rings. The maximum atomic E-state index is 12.2. The van der Waals surface area contributed by atoms with Crippen molar-refractivity contribution in [2.24, 2.45) is 0 Å². The summed E-state index contributed by atoms with van der Waals surface area (Å²) in [4.78, 5) is 24.3. The van der Waals surface area contributed by atoms with E-state index in [2.05, 4.69) is 38.2 Å². The molecule has 0 bridgehead atoms. The van der Waals surface area contributed by atoms with Crippen LogP contribution in [0.2, 0.25) is 0 Å². The number of hydrogen-bond donors (Lipinski definition) is 0. The van der Waals surface area contributed by atoms with Crippen LogP contribution in [0.25, 0.3) is 0 Å². The highest BCUT2D eigenvalue weighted by molar-refractivity contribution is 6.18. The van der Waals surface area contributed by atoms with E-state index in [-0.39, 0.29) is 24.4 Å². The van der Waals surface area contributed by atoms with E-state index >= 15 is 0 Å². The molecular weight excluding hydrogens is 568 g/mol. The molecule has 0 saturated carbocycles. The minimum Gasteiger partial charge on any atom is -0.462 e. The Morgan fingerprint density at radius 2 is 0.841 bits per heavy atom. The van der Waals surface area contributed by atoms with Crippen LogP contribution in [0.5, 0.6) is 0 Å². The molecule has 0 amide bonds. The number of hydrogen-bond acceptors (Lipinski definition) is 4. The highest BCUT2D eigenvalue weighted by Crippen LogP contribution is 2.13. The minimum absolute atomic E-state index is 0.0471. The summed E-state index contributed by atoms with van der Waals surface area (Å²) in [6.45, 7) is 4.57. The number of alkyl halides is 1. The van der Waals surface area contributed by atoms with E-state index in [1.807, 2.05) is 0 Å². The van der Waals surface area contributed by atoms with Gasteiger partial charge in [0, 0.05) is 12.8 Å². The van der Waals surface area contributed by atoms with Gasteiger partial charge in [-0.1, -0.05) is 141 Å². The molecule has 1 unspecified atom stereocenters. The lowest BCUT2D eigenvalue weighted by atomic mass is 10.1. The Kier molecular flexibility index (Phi) is 35.1. The first-order valence-corrected chi connectivity index (χ1v) is 19.4. The Balaban J connectivity index is 3.58. The van der Waals surface area contributed by atoms with Crippen LogP contribution in [-0.4, -0.2) is 30.5 Å². The van der Waals surface area contributed by atoms with Crippen molar-refractivity contribution in [1.29, 1.82) is 0 Å². The molecule has 0 N–H and O–H groups in total. The van der Waals surface area contributed by atoms with Crippen molar-refractivity contribution >= 4 is 23.5 Å². The first-order chi connectivity index (χ1) is 21.6. The summed E-state index contributed by atoms with van der Waals surface area (Å²) in [5, 5.41) is 0. The second-order valence-electron chi connectivity index (χ2n) is 12.6. The third kappa shape index (κ3) is 33.6. The van der Waals surface area contributed by atoms with Crippen LogP contribution in [0.15, 0.2) is 24.3 Å². The van der Waals surface area contributed by atoms with E-state index in [4.69, 9.17) is 21.1 Å². The van der Waals surface area contributed by atoms with Crippen molar-refractivity contribution < 1.29 is 19.1 Å². The number of carbonyl (C=O) groups is 2. The second-order valence-corrected chi connectivity index (χ2v) is 12.9. The topological polar surface area (TPSA) is 52.6 Å². The Morgan fingerprint density at radius 3 is 1.23 bits per heavy atom. The van der Waals surface area contributed by atoms with Gasteiger partial charge in [-0.2, -0.15) is 0 Å². The summed E-state index contributed by atoms with van der Waals surface area (Å²) in [7, 11) is 0. The van der Waals surface area contributed by atoms with Crippen LogP contribution in [0, 0.1) is 0 Å². The maximum absolute atomic E-state index is 12.2. The minimum atomic E-state index is -0.564. The number of unbranched alkanes of at least 4 members (excludes halogenated alkanes) is 22. The fourth-order valence-corrected chi connectivity index (χ4v) is 5.45. The number of allylic oxidation sites excluding steroid dienone is 4. The molecule has 4 nitrogen and oxygen atoms in total. The molecule has 0 aromatic heterocycles. The smallest absolute Gasteiger partial charge is 0.306 e. The van der Waals surface area contributed by atoms with E-state index in [0.29, 0.717) is 12.8 Å². The Morgan fingerprint density at radius 1 is 0.500 bits per heavy atom. The van der Waals surface area contributed by atoms with Gasteiger partial charge in [-0.15, -0.1) is 11.6 Å². The lowest BCUT2D eigenvalue weighted by Gasteiger charge is -2.15. The Bertz CT molecular complexity index is 675. The predicted molar refractivity (Wildman–Crippen MR) is 190 cm³/mol. The van der Waals surface area contributed by atoms with Gasteiger partial charge < -0.3 is 9.47 Å². The molecule has 1 atom stereocenters. The van der Waals surface area contributed by atoms with Crippen LogP contribution < -0.4 is 0 Å². The molecule has 0 aliphatic carbocycles. The zero-order valence-electron chi connectivity index (χ0n) is 29.1. The summed E-state index contributed by atoms with van der Waals surface area (Å²) in [5.41, 5.74) is 0. The van der Waals surface area contributed by atoms with Crippen molar-refractivity contribution in [3.63, 3.8) is 0 Å². The number of rotatable bonds is 34. The first-order valence-electron chi connectivity index (χ1n) is 18.8. The monoisotopic (exact) mass is 639 g/mol. The molecule has 0 saturated heterocycles. The summed E-state index contributed by atoms with van der Waals surface area (Å²) < 4.78 is 10.8. The summed E-state index contributed by atoms with van der Waals surface area (Å²) in [6.07, 6.45) is 41.5. The highest BCUT2D eigenvalue weighted by atomic mass is 35.5. The SMILES string of the molecule is CCCCCCCC/C=C\CCCCCCCC(=O)OC(CCl)COC(=O)CCCCCCC/C=C/CCCCCCCC. The van der Waals surface area contributed by atoms with E-state index in [1.165, 1.54) is 116 Å². The molecule has 0 aliphatic heterocycles. The number of carbonyl (C=O) groups excluding carboxylic acids is 2. The molecule has 0 fully saturated rings. The van der Waals surface area contributed by atoms with Gasteiger partial charge in [-0.25, -0.2) is 0 Å². The second kappa shape index (κ2) is 36.2. The molecule has 0 spiro atoms. The molecule has 0 radical (unpaired) electrons. The summed E-state index contributed by atoms with van der Waals surface area (Å²) in [5.74, 6) is -0.341. The normalized spacial score (nSPS) is 12.3. The maximum Gasteiger partial charge on any atom is 0.306 e. The van der Waals surface area contributed by atoms with Crippen LogP contribution >= 0.6 is 11.6 Å². The molecular formula is C39H71ClO4. The van der Waals surface area contributed by atoms with Crippen LogP contribution in [0.4, 0.5) is 0 Å². The lowest BCUT2D eigenvalue weighted by Crippen LogP contribution is -2.26.